The molecule has 5 heteroatoms. The molecule has 1 fully saturated rings. The smallest absolute Gasteiger partial charge is 0.220 e. The van der Waals surface area contributed by atoms with Crippen molar-refractivity contribution in [3.05, 3.63) is 16.1 Å². The largest absolute Gasteiger partial charge is 0.350 e. The molecule has 0 bridgehead atoms. The Kier molecular flexibility index (Phi) is 5.13. The Morgan fingerprint density at radius 2 is 2.56 bits per heavy atom. The number of piperidine rings is 1. The molecule has 0 aromatic carbocycles. The first-order valence-electron chi connectivity index (χ1n) is 6.63. The number of hydrogen-bond acceptors (Lipinski definition) is 4. The first kappa shape index (κ1) is 13.5. The molecule has 1 aliphatic rings. The maximum atomic E-state index is 11.7. The predicted molar refractivity (Wildman–Crippen MR) is 73.5 cm³/mol. The molecule has 1 aromatic heterocycles. The molecule has 1 saturated heterocycles. The summed E-state index contributed by atoms with van der Waals surface area (Å²) in [6.45, 7) is 4.80. The van der Waals surface area contributed by atoms with E-state index in [1.54, 1.807) is 11.3 Å². The standard InChI is InChI=1S/C13H21N3OS/c1-10-7-16-13(18-10)9-15-12(17)5-4-11-3-2-6-14-8-11/h7,11,14H,2-6,8-9H2,1H3,(H,15,17). The molecule has 100 valence electrons. The molecule has 0 saturated carbocycles. The Labute approximate surface area is 112 Å². The van der Waals surface area contributed by atoms with Crippen LogP contribution < -0.4 is 10.6 Å². The molecule has 2 heterocycles. The van der Waals surface area contributed by atoms with Crippen LogP contribution in [-0.2, 0) is 11.3 Å². The number of aryl methyl sites for hydroxylation is 1. The lowest BCUT2D eigenvalue weighted by Crippen LogP contribution is -2.31. The zero-order chi connectivity index (χ0) is 12.8. The van der Waals surface area contributed by atoms with Crippen molar-refractivity contribution in [3.63, 3.8) is 0 Å². The molecule has 0 spiro atoms. The van der Waals surface area contributed by atoms with Crippen LogP contribution in [0.3, 0.4) is 0 Å². The van der Waals surface area contributed by atoms with Crippen molar-refractivity contribution in [1.29, 1.82) is 0 Å². The van der Waals surface area contributed by atoms with E-state index < -0.39 is 0 Å². The zero-order valence-corrected chi connectivity index (χ0v) is 11.7. The van der Waals surface area contributed by atoms with Crippen LogP contribution in [-0.4, -0.2) is 24.0 Å². The second-order valence-corrected chi connectivity index (χ2v) is 6.21. The Morgan fingerprint density at radius 3 is 3.22 bits per heavy atom. The van der Waals surface area contributed by atoms with E-state index in [0.717, 1.165) is 24.5 Å². The van der Waals surface area contributed by atoms with Crippen molar-refractivity contribution in [2.45, 2.75) is 39.2 Å². The van der Waals surface area contributed by atoms with E-state index in [1.807, 2.05) is 13.1 Å². The molecular weight excluding hydrogens is 246 g/mol. The quantitative estimate of drug-likeness (QED) is 0.856. The molecule has 1 unspecified atom stereocenters. The minimum absolute atomic E-state index is 0.147. The van der Waals surface area contributed by atoms with Crippen LogP contribution in [0, 0.1) is 12.8 Å². The Balaban J connectivity index is 1.62. The van der Waals surface area contributed by atoms with Gasteiger partial charge in [-0.05, 0) is 45.2 Å². The third kappa shape index (κ3) is 4.38. The van der Waals surface area contributed by atoms with Gasteiger partial charge in [0.2, 0.25) is 5.91 Å². The highest BCUT2D eigenvalue weighted by Gasteiger charge is 2.14. The SMILES string of the molecule is Cc1cnc(CNC(=O)CCC2CCCNC2)s1. The van der Waals surface area contributed by atoms with Gasteiger partial charge in [0, 0.05) is 17.5 Å². The van der Waals surface area contributed by atoms with Gasteiger partial charge >= 0.3 is 0 Å². The second-order valence-electron chi connectivity index (χ2n) is 4.89. The number of carbonyl (C=O) groups excluding carboxylic acids is 1. The summed E-state index contributed by atoms with van der Waals surface area (Å²) in [5.74, 6) is 0.819. The van der Waals surface area contributed by atoms with Gasteiger partial charge in [-0.2, -0.15) is 0 Å². The fourth-order valence-electron chi connectivity index (χ4n) is 2.25. The fraction of sp³-hybridized carbons (Fsp3) is 0.692. The van der Waals surface area contributed by atoms with Gasteiger partial charge in [-0.25, -0.2) is 4.98 Å². The first-order valence-corrected chi connectivity index (χ1v) is 7.44. The highest BCUT2D eigenvalue weighted by Crippen LogP contribution is 2.16. The Hall–Kier alpha value is -0.940. The molecule has 1 atom stereocenters. The summed E-state index contributed by atoms with van der Waals surface area (Å²) in [4.78, 5) is 17.1. The molecule has 18 heavy (non-hydrogen) atoms. The van der Waals surface area contributed by atoms with Crippen LogP contribution >= 0.6 is 11.3 Å². The zero-order valence-electron chi connectivity index (χ0n) is 10.9. The fourth-order valence-corrected chi connectivity index (χ4v) is 2.98. The van der Waals surface area contributed by atoms with Gasteiger partial charge in [-0.1, -0.05) is 0 Å². The number of nitrogens with one attached hydrogen (secondary N) is 2. The number of hydrogen-bond donors (Lipinski definition) is 2. The van der Waals surface area contributed by atoms with Crippen LogP contribution in [0.25, 0.3) is 0 Å². The lowest BCUT2D eigenvalue weighted by Gasteiger charge is -2.22. The molecule has 2 rings (SSSR count). The number of amides is 1. The summed E-state index contributed by atoms with van der Waals surface area (Å²) in [5.41, 5.74) is 0. The second kappa shape index (κ2) is 6.85. The molecule has 0 aliphatic carbocycles. The van der Waals surface area contributed by atoms with Gasteiger partial charge in [0.15, 0.2) is 0 Å². The average Bonchev–Trinajstić information content (AvgIpc) is 2.81. The third-order valence-corrected chi connectivity index (χ3v) is 4.20. The summed E-state index contributed by atoms with van der Waals surface area (Å²) < 4.78 is 0. The van der Waals surface area contributed by atoms with E-state index in [4.69, 9.17) is 0 Å². The maximum Gasteiger partial charge on any atom is 0.220 e. The van der Waals surface area contributed by atoms with Gasteiger partial charge in [0.1, 0.15) is 5.01 Å². The van der Waals surface area contributed by atoms with Gasteiger partial charge in [0.05, 0.1) is 6.54 Å². The van der Waals surface area contributed by atoms with Crippen LogP contribution in [0.5, 0.6) is 0 Å². The summed E-state index contributed by atoms with van der Waals surface area (Å²) in [7, 11) is 0. The highest BCUT2D eigenvalue weighted by molar-refractivity contribution is 7.11. The van der Waals surface area contributed by atoms with Crippen molar-refractivity contribution < 1.29 is 4.79 Å². The van der Waals surface area contributed by atoms with Crippen LogP contribution in [0.1, 0.15) is 35.6 Å². The summed E-state index contributed by atoms with van der Waals surface area (Å²) in [5, 5.41) is 7.31. The van der Waals surface area contributed by atoms with Crippen molar-refractivity contribution >= 4 is 17.2 Å². The van der Waals surface area contributed by atoms with E-state index in [9.17, 15) is 4.79 Å². The van der Waals surface area contributed by atoms with E-state index in [-0.39, 0.29) is 5.91 Å². The van der Waals surface area contributed by atoms with Gasteiger partial charge in [-0.15, -0.1) is 11.3 Å². The molecule has 2 N–H and O–H groups in total. The topological polar surface area (TPSA) is 54.0 Å². The molecule has 1 aliphatic heterocycles. The van der Waals surface area contributed by atoms with Gasteiger partial charge in [0.25, 0.3) is 0 Å². The number of aromatic nitrogens is 1. The number of thiazole rings is 1. The molecular formula is C13H21N3OS. The van der Waals surface area contributed by atoms with E-state index in [2.05, 4.69) is 15.6 Å². The van der Waals surface area contributed by atoms with E-state index in [1.165, 1.54) is 17.7 Å². The monoisotopic (exact) mass is 267 g/mol. The van der Waals surface area contributed by atoms with Crippen molar-refractivity contribution in [2.24, 2.45) is 5.92 Å². The van der Waals surface area contributed by atoms with E-state index in [0.29, 0.717) is 18.9 Å². The minimum Gasteiger partial charge on any atom is -0.350 e. The molecule has 4 nitrogen and oxygen atoms in total. The molecule has 0 radical (unpaired) electrons. The molecule has 1 aromatic rings. The lowest BCUT2D eigenvalue weighted by molar-refractivity contribution is -0.121. The summed E-state index contributed by atoms with van der Waals surface area (Å²) in [6.07, 6.45) is 5.98. The predicted octanol–water partition coefficient (Wildman–Crippen LogP) is 1.85. The van der Waals surface area contributed by atoms with Crippen LogP contribution in [0.15, 0.2) is 6.20 Å². The minimum atomic E-state index is 0.147. The highest BCUT2D eigenvalue weighted by atomic mass is 32.1. The van der Waals surface area contributed by atoms with Crippen LogP contribution in [0.2, 0.25) is 0 Å². The number of rotatable bonds is 5. The van der Waals surface area contributed by atoms with Crippen molar-refractivity contribution in [1.82, 2.24) is 15.6 Å². The summed E-state index contributed by atoms with van der Waals surface area (Å²) >= 11 is 1.64. The van der Waals surface area contributed by atoms with Crippen molar-refractivity contribution in [3.8, 4) is 0 Å². The van der Waals surface area contributed by atoms with Gasteiger partial charge < -0.3 is 10.6 Å². The van der Waals surface area contributed by atoms with Crippen LogP contribution in [0.4, 0.5) is 0 Å². The summed E-state index contributed by atoms with van der Waals surface area (Å²) in [6, 6.07) is 0. The number of nitrogens with zero attached hydrogens (tertiary/aromatic N) is 1. The van der Waals surface area contributed by atoms with Gasteiger partial charge in [-0.3, -0.25) is 4.79 Å². The van der Waals surface area contributed by atoms with E-state index >= 15 is 0 Å². The maximum absolute atomic E-state index is 11.7. The Bertz CT molecular complexity index is 385. The molecule has 1 amide bonds. The first-order chi connectivity index (χ1) is 8.74. The lowest BCUT2D eigenvalue weighted by atomic mass is 9.94. The van der Waals surface area contributed by atoms with Crippen molar-refractivity contribution in [2.75, 3.05) is 13.1 Å². The average molecular weight is 267 g/mol. The normalized spacial score (nSPS) is 19.7. The number of carbonyl (C=O) groups is 1. The third-order valence-electron chi connectivity index (χ3n) is 3.28. The Morgan fingerprint density at radius 1 is 1.67 bits per heavy atom.